The first-order valence-corrected chi connectivity index (χ1v) is 9.72. The highest BCUT2D eigenvalue weighted by Crippen LogP contribution is 2.36. The van der Waals surface area contributed by atoms with Crippen molar-refractivity contribution in [2.75, 3.05) is 0 Å². The average molecular weight is 339 g/mol. The molecule has 1 unspecified atom stereocenters. The minimum absolute atomic E-state index is 0.0570. The maximum Gasteiger partial charge on any atom is 0.267 e. The Morgan fingerprint density at radius 1 is 1.26 bits per heavy atom. The summed E-state index contributed by atoms with van der Waals surface area (Å²) in [6.07, 6.45) is 8.52. The van der Waals surface area contributed by atoms with E-state index < -0.39 is 15.9 Å². The van der Waals surface area contributed by atoms with Gasteiger partial charge in [-0.2, -0.15) is 5.10 Å². The highest BCUT2D eigenvalue weighted by molar-refractivity contribution is 7.90. The van der Waals surface area contributed by atoms with Gasteiger partial charge in [0.1, 0.15) is 4.90 Å². The van der Waals surface area contributed by atoms with Crippen LogP contribution in [0, 0.1) is 11.8 Å². The summed E-state index contributed by atoms with van der Waals surface area (Å²) in [4.78, 5) is 12.4. The molecule has 0 radical (unpaired) electrons. The van der Waals surface area contributed by atoms with E-state index in [0.29, 0.717) is 18.8 Å². The number of hydrogen-bond donors (Lipinski definition) is 1. The predicted octanol–water partition coefficient (Wildman–Crippen LogP) is 1.06. The molecule has 2 aliphatic heterocycles. The van der Waals surface area contributed by atoms with Crippen LogP contribution in [0.25, 0.3) is 0 Å². The van der Waals surface area contributed by atoms with Crippen molar-refractivity contribution in [1.29, 1.82) is 0 Å². The maximum absolute atomic E-state index is 12.4. The molecule has 8 heteroatoms. The Kier molecular flexibility index (Phi) is 3.68. The predicted molar refractivity (Wildman–Crippen MR) is 80.9 cm³/mol. The van der Waals surface area contributed by atoms with E-state index in [4.69, 9.17) is 4.74 Å². The normalized spacial score (nSPS) is 30.3. The number of carbonyl (C=O) groups excluding carboxylic acids is 1. The molecule has 126 valence electrons. The van der Waals surface area contributed by atoms with Crippen molar-refractivity contribution in [3.63, 3.8) is 0 Å². The summed E-state index contributed by atoms with van der Waals surface area (Å²) in [5.41, 5.74) is 0. The van der Waals surface area contributed by atoms with Crippen LogP contribution in [-0.2, 0) is 26.1 Å². The van der Waals surface area contributed by atoms with Crippen LogP contribution in [0.3, 0.4) is 0 Å². The fourth-order valence-electron chi connectivity index (χ4n) is 3.49. The highest BCUT2D eigenvalue weighted by atomic mass is 32.2. The quantitative estimate of drug-likeness (QED) is 0.866. The molecule has 7 nitrogen and oxygen atoms in total. The number of nitrogens with zero attached hydrogens (tertiary/aromatic N) is 2. The number of amides is 1. The van der Waals surface area contributed by atoms with Crippen LogP contribution in [0.4, 0.5) is 0 Å². The standard InChI is InChI=1S/C15H21N3O4S/c19-15(11-5-12-3-4-13(6-11)22-12)17-23(20,21)14-7-16-18(9-14)8-10-1-2-10/h7,9-13H,1-6,8H2,(H,17,19)/t11?,12-,13+. The summed E-state index contributed by atoms with van der Waals surface area (Å²) in [5.74, 6) is -0.0876. The van der Waals surface area contributed by atoms with Gasteiger partial charge in [0.2, 0.25) is 5.91 Å². The number of hydrogen-bond acceptors (Lipinski definition) is 5. The van der Waals surface area contributed by atoms with Gasteiger partial charge in [0.25, 0.3) is 10.0 Å². The van der Waals surface area contributed by atoms with Crippen LogP contribution in [0.2, 0.25) is 0 Å². The first-order valence-electron chi connectivity index (χ1n) is 8.24. The lowest BCUT2D eigenvalue weighted by Gasteiger charge is -2.27. The van der Waals surface area contributed by atoms with Crippen molar-refractivity contribution in [3.8, 4) is 0 Å². The Morgan fingerprint density at radius 3 is 2.61 bits per heavy atom. The molecule has 1 N–H and O–H groups in total. The van der Waals surface area contributed by atoms with Gasteiger partial charge in [-0.3, -0.25) is 9.48 Å². The van der Waals surface area contributed by atoms with Gasteiger partial charge >= 0.3 is 0 Å². The third kappa shape index (κ3) is 3.28. The van der Waals surface area contributed by atoms with Gasteiger partial charge < -0.3 is 4.74 Å². The average Bonchev–Trinajstić information content (AvgIpc) is 3.07. The van der Waals surface area contributed by atoms with Crippen LogP contribution in [0.15, 0.2) is 17.3 Å². The zero-order valence-corrected chi connectivity index (χ0v) is 13.7. The van der Waals surface area contributed by atoms with Crippen molar-refractivity contribution < 1.29 is 17.9 Å². The Balaban J connectivity index is 1.41. The zero-order chi connectivity index (χ0) is 16.0. The van der Waals surface area contributed by atoms with E-state index in [2.05, 4.69) is 9.82 Å². The third-order valence-electron chi connectivity index (χ3n) is 4.96. The summed E-state index contributed by atoms with van der Waals surface area (Å²) < 4.78 is 34.3. The number of carbonyl (C=O) groups is 1. The Morgan fingerprint density at radius 2 is 1.96 bits per heavy atom. The molecular formula is C15H21N3O4S. The van der Waals surface area contributed by atoms with Gasteiger partial charge in [-0.25, -0.2) is 13.1 Å². The minimum Gasteiger partial charge on any atom is -0.375 e. The highest BCUT2D eigenvalue weighted by Gasteiger charge is 2.39. The van der Waals surface area contributed by atoms with Gasteiger partial charge in [0.15, 0.2) is 0 Å². The van der Waals surface area contributed by atoms with E-state index in [1.807, 2.05) is 0 Å². The van der Waals surface area contributed by atoms with E-state index in [0.717, 1.165) is 19.4 Å². The Bertz CT molecular complexity index is 698. The fourth-order valence-corrected chi connectivity index (χ4v) is 4.49. The second kappa shape index (κ2) is 5.59. The first-order chi connectivity index (χ1) is 11.0. The molecular weight excluding hydrogens is 318 g/mol. The number of sulfonamides is 1. The Labute approximate surface area is 135 Å². The van der Waals surface area contributed by atoms with E-state index in [1.165, 1.54) is 25.2 Å². The summed E-state index contributed by atoms with van der Waals surface area (Å²) in [7, 11) is -3.84. The van der Waals surface area contributed by atoms with Crippen LogP contribution < -0.4 is 4.72 Å². The lowest BCUT2D eigenvalue weighted by molar-refractivity contribution is -0.128. The minimum atomic E-state index is -3.84. The summed E-state index contributed by atoms with van der Waals surface area (Å²) in [5, 5.41) is 4.08. The molecule has 3 aliphatic rings. The lowest BCUT2D eigenvalue weighted by Crippen LogP contribution is -2.40. The molecule has 3 atom stereocenters. The molecule has 0 aromatic carbocycles. The van der Waals surface area contributed by atoms with Crippen LogP contribution in [0.5, 0.6) is 0 Å². The third-order valence-corrected chi connectivity index (χ3v) is 6.26. The molecule has 4 rings (SSSR count). The molecule has 1 aliphatic carbocycles. The van der Waals surface area contributed by atoms with Gasteiger partial charge in [0, 0.05) is 18.7 Å². The largest absolute Gasteiger partial charge is 0.375 e. The van der Waals surface area contributed by atoms with Crippen LogP contribution >= 0.6 is 0 Å². The Hall–Kier alpha value is -1.41. The van der Waals surface area contributed by atoms with Gasteiger partial charge in [-0.1, -0.05) is 0 Å². The fraction of sp³-hybridized carbons (Fsp3) is 0.733. The molecule has 1 aromatic rings. The molecule has 1 aromatic heterocycles. The smallest absolute Gasteiger partial charge is 0.267 e. The zero-order valence-electron chi connectivity index (χ0n) is 12.8. The van der Waals surface area contributed by atoms with E-state index in [-0.39, 0.29) is 23.0 Å². The van der Waals surface area contributed by atoms with Crippen LogP contribution in [0.1, 0.15) is 38.5 Å². The molecule has 23 heavy (non-hydrogen) atoms. The van der Waals surface area contributed by atoms with Crippen molar-refractivity contribution in [2.45, 2.75) is 62.2 Å². The maximum atomic E-state index is 12.4. The number of rotatable bonds is 5. The summed E-state index contributed by atoms with van der Waals surface area (Å²) >= 11 is 0. The first kappa shape index (κ1) is 15.1. The topological polar surface area (TPSA) is 90.3 Å². The number of fused-ring (bicyclic) bond motifs is 2. The van der Waals surface area contributed by atoms with E-state index in [9.17, 15) is 13.2 Å². The van der Waals surface area contributed by atoms with Crippen LogP contribution in [-0.4, -0.2) is 36.3 Å². The number of aromatic nitrogens is 2. The van der Waals surface area contributed by atoms with Crippen molar-refractivity contribution in [3.05, 3.63) is 12.4 Å². The summed E-state index contributed by atoms with van der Waals surface area (Å²) in [6.45, 7) is 0.743. The van der Waals surface area contributed by atoms with Gasteiger partial charge in [0.05, 0.1) is 18.4 Å². The molecule has 1 saturated carbocycles. The molecule has 2 bridgehead atoms. The van der Waals surface area contributed by atoms with E-state index >= 15 is 0 Å². The molecule has 1 amide bonds. The molecule has 3 heterocycles. The molecule has 2 saturated heterocycles. The lowest BCUT2D eigenvalue weighted by atomic mass is 9.95. The number of ether oxygens (including phenoxy) is 1. The second-order valence-corrected chi connectivity index (χ2v) is 8.62. The molecule has 0 spiro atoms. The van der Waals surface area contributed by atoms with Gasteiger partial charge in [-0.05, 0) is 44.4 Å². The van der Waals surface area contributed by atoms with Crippen molar-refractivity contribution in [2.24, 2.45) is 11.8 Å². The molecule has 3 fully saturated rings. The number of nitrogens with one attached hydrogen (secondary N) is 1. The van der Waals surface area contributed by atoms with Gasteiger partial charge in [-0.15, -0.1) is 0 Å². The van der Waals surface area contributed by atoms with Crippen molar-refractivity contribution >= 4 is 15.9 Å². The monoisotopic (exact) mass is 339 g/mol. The van der Waals surface area contributed by atoms with E-state index in [1.54, 1.807) is 4.68 Å². The van der Waals surface area contributed by atoms with Crippen molar-refractivity contribution in [1.82, 2.24) is 14.5 Å². The summed E-state index contributed by atoms with van der Waals surface area (Å²) in [6, 6.07) is 0. The second-order valence-electron chi connectivity index (χ2n) is 6.94. The SMILES string of the molecule is O=C(NS(=O)(=O)c1cnn(CC2CC2)c1)C1C[C@H]2CC[C@@H](C1)O2.